The number of benzene rings is 2. The molecule has 0 aromatic heterocycles. The molecule has 0 radical (unpaired) electrons. The normalized spacial score (nSPS) is 24.3. The number of aliphatic hydroxyl groups excluding tert-OH is 1. The van der Waals surface area contributed by atoms with E-state index in [1.54, 1.807) is 34.6 Å². The van der Waals surface area contributed by atoms with Gasteiger partial charge in [0.25, 0.3) is 0 Å². The number of esters is 1. The average molecular weight is 953 g/mol. The number of unbranched alkanes of at least 4 members (excludes halogenated alkanes) is 6. The van der Waals surface area contributed by atoms with Crippen LogP contribution >= 0.6 is 0 Å². The SMILES string of the molecule is CC(C)[C@H](NC(=O)Oc1ccc2c(c1)C[C@@H](CCCCCCCCCS(=O)CCCC(F)(F)C(F)(F)F)[C@@H]1C2CC[C@]2(C)[C@@H](O)CC[C@@H]12)C(=O)N[C@@H](Cc1ccccc1)C(=O)OC(C)(C)C. The molecule has 0 spiro atoms. The van der Waals surface area contributed by atoms with Crippen molar-refractivity contribution in [3.05, 3.63) is 65.2 Å². The maximum absolute atomic E-state index is 13.8. The van der Waals surface area contributed by atoms with Crippen molar-refractivity contribution >= 4 is 28.8 Å². The van der Waals surface area contributed by atoms with Crippen molar-refractivity contribution in [3.8, 4) is 5.75 Å². The molecule has 2 unspecified atom stereocenters. The molecule has 2 aromatic carbocycles. The van der Waals surface area contributed by atoms with Crippen LogP contribution in [0.5, 0.6) is 5.75 Å². The summed E-state index contributed by atoms with van der Waals surface area (Å²) in [5, 5.41) is 16.7. The predicted octanol–water partition coefficient (Wildman–Crippen LogP) is 11.2. The Kier molecular flexibility index (Phi) is 18.7. The van der Waals surface area contributed by atoms with Gasteiger partial charge >= 0.3 is 24.2 Å². The molecule has 3 aliphatic rings. The van der Waals surface area contributed by atoms with Crippen molar-refractivity contribution in [2.45, 2.75) is 186 Å². The van der Waals surface area contributed by atoms with E-state index in [9.17, 15) is 45.7 Å². The monoisotopic (exact) mass is 953 g/mol. The number of carbonyl (C=O) groups excluding carboxylic acids is 3. The van der Waals surface area contributed by atoms with E-state index in [1.165, 1.54) is 5.56 Å². The third-order valence-electron chi connectivity index (χ3n) is 14.3. The Balaban J connectivity index is 1.15. The Hall–Kier alpha value is -3.59. The number of alkyl halides is 5. The fraction of sp³-hybridized carbons (Fsp3) is 0.706. The number of hydrogen-bond donors (Lipinski definition) is 3. The molecule has 0 aliphatic heterocycles. The van der Waals surface area contributed by atoms with Crippen molar-refractivity contribution in [2.75, 3.05) is 11.5 Å². The highest BCUT2D eigenvalue weighted by atomic mass is 32.2. The standard InChI is InChI=1S/C51H73F5N2O7S/c1-33(2)44(45(60)57-41(46(61)65-48(3,4)5)30-34-18-13-12-14-19-34)58-47(62)64-37-21-22-38-36(32-37)31-35(43-39(38)25-27-49(6)40(43)23-24-42(49)59)20-15-10-8-7-9-11-16-28-66(63)29-17-26-50(52,53)51(54,55)56/h12-14,18-19,21-22,32-33,35,39-44,59H,7-11,15-17,20,23-31H2,1-6H3,(H,57,60)(H,58,62)/t35-,39?,40+,41+,42+,43-,44+,49+,66?/m1/s1. The Morgan fingerprint density at radius 3 is 2.17 bits per heavy atom. The zero-order valence-corrected chi connectivity index (χ0v) is 40.5. The van der Waals surface area contributed by atoms with Gasteiger partial charge in [0.05, 0.1) is 6.10 Å². The Morgan fingerprint density at radius 1 is 0.864 bits per heavy atom. The lowest BCUT2D eigenvalue weighted by Gasteiger charge is -2.53. The van der Waals surface area contributed by atoms with Crippen molar-refractivity contribution in [1.29, 1.82) is 0 Å². The summed E-state index contributed by atoms with van der Waals surface area (Å²) in [5.41, 5.74) is 2.39. The first-order valence-electron chi connectivity index (χ1n) is 24.1. The third kappa shape index (κ3) is 14.5. The zero-order chi connectivity index (χ0) is 48.5. The van der Waals surface area contributed by atoms with Gasteiger partial charge in [-0.15, -0.1) is 0 Å². The van der Waals surface area contributed by atoms with Crippen LogP contribution < -0.4 is 15.4 Å². The van der Waals surface area contributed by atoms with Gasteiger partial charge in [0.2, 0.25) is 5.91 Å². The summed E-state index contributed by atoms with van der Waals surface area (Å²) in [5.74, 6) is -4.09. The minimum Gasteiger partial charge on any atom is -0.458 e. The zero-order valence-electron chi connectivity index (χ0n) is 39.7. The topological polar surface area (TPSA) is 131 Å². The van der Waals surface area contributed by atoms with E-state index in [-0.39, 0.29) is 29.6 Å². The molecule has 0 heterocycles. The summed E-state index contributed by atoms with van der Waals surface area (Å²) >= 11 is 0. The molecule has 2 amide bonds. The van der Waals surface area contributed by atoms with Gasteiger partial charge in [-0.05, 0) is 136 Å². The van der Waals surface area contributed by atoms with Crippen molar-refractivity contribution in [3.63, 3.8) is 0 Å². The molecule has 0 saturated heterocycles. The molecule has 3 aliphatic carbocycles. The second kappa shape index (κ2) is 23.1. The molecule has 5 rings (SSSR count). The number of hydrogen-bond acceptors (Lipinski definition) is 7. The third-order valence-corrected chi connectivity index (χ3v) is 15.8. The Labute approximate surface area is 391 Å². The van der Waals surface area contributed by atoms with Crippen molar-refractivity contribution < 1.29 is 55.1 Å². The van der Waals surface area contributed by atoms with Gasteiger partial charge < -0.3 is 25.2 Å². The molecule has 2 fully saturated rings. The highest BCUT2D eigenvalue weighted by Crippen LogP contribution is 2.63. The van der Waals surface area contributed by atoms with E-state index < -0.39 is 71.4 Å². The maximum atomic E-state index is 13.8. The van der Waals surface area contributed by atoms with Gasteiger partial charge in [0, 0.05) is 35.1 Å². The molecular weight excluding hydrogens is 880 g/mol. The minimum atomic E-state index is -5.58. The molecule has 15 heteroatoms. The summed E-state index contributed by atoms with van der Waals surface area (Å²) in [6.07, 6.45) is 3.90. The second-order valence-corrected chi connectivity index (χ2v) is 22.4. The molecule has 9 atom stereocenters. The van der Waals surface area contributed by atoms with Crippen LogP contribution in [0.1, 0.15) is 154 Å². The van der Waals surface area contributed by atoms with Crippen molar-refractivity contribution in [1.82, 2.24) is 10.6 Å². The first-order valence-corrected chi connectivity index (χ1v) is 25.6. The number of carbonyl (C=O) groups is 3. The predicted molar refractivity (Wildman–Crippen MR) is 247 cm³/mol. The summed E-state index contributed by atoms with van der Waals surface area (Å²) < 4.78 is 87.1. The Morgan fingerprint density at radius 2 is 1.52 bits per heavy atom. The van der Waals surface area contributed by atoms with Gasteiger partial charge in [-0.3, -0.25) is 9.00 Å². The molecular formula is C51H73F5N2O7S. The van der Waals surface area contributed by atoms with E-state index in [4.69, 9.17) is 9.47 Å². The van der Waals surface area contributed by atoms with Gasteiger partial charge in [-0.1, -0.05) is 95.7 Å². The molecule has 9 nitrogen and oxygen atoms in total. The lowest BCUT2D eigenvalue weighted by Crippen LogP contribution is -2.55. The lowest BCUT2D eigenvalue weighted by molar-refractivity contribution is -0.284. The fourth-order valence-corrected chi connectivity index (χ4v) is 12.0. The largest absolute Gasteiger partial charge is 0.458 e. The number of ether oxygens (including phenoxy) is 2. The van der Waals surface area contributed by atoms with Crippen LogP contribution in [0.15, 0.2) is 48.5 Å². The van der Waals surface area contributed by atoms with E-state index in [2.05, 4.69) is 23.6 Å². The van der Waals surface area contributed by atoms with Crippen LogP contribution in [0.4, 0.5) is 26.7 Å². The van der Waals surface area contributed by atoms with Crippen LogP contribution in [-0.4, -0.2) is 74.7 Å². The van der Waals surface area contributed by atoms with E-state index in [0.29, 0.717) is 41.6 Å². The number of rotatable bonds is 22. The van der Waals surface area contributed by atoms with Gasteiger partial charge in [0.15, 0.2) is 0 Å². The first-order chi connectivity index (χ1) is 31.0. The lowest BCUT2D eigenvalue weighted by atomic mass is 9.52. The number of fused-ring (bicyclic) bond motifs is 5. The maximum Gasteiger partial charge on any atom is 0.453 e. The summed E-state index contributed by atoms with van der Waals surface area (Å²) in [7, 11) is -1.42. The average Bonchev–Trinajstić information content (AvgIpc) is 3.54. The molecule has 66 heavy (non-hydrogen) atoms. The fourth-order valence-electron chi connectivity index (χ4n) is 10.8. The van der Waals surface area contributed by atoms with E-state index in [0.717, 1.165) is 88.2 Å². The molecule has 370 valence electrons. The van der Waals surface area contributed by atoms with Crippen LogP contribution in [0.2, 0.25) is 0 Å². The molecule has 2 aromatic rings. The summed E-state index contributed by atoms with van der Waals surface area (Å²) in [6, 6.07) is 13.2. The Bertz CT molecular complexity index is 1940. The number of nitrogens with one attached hydrogen (secondary N) is 2. The summed E-state index contributed by atoms with van der Waals surface area (Å²) in [6.45, 7) is 11.2. The van der Waals surface area contributed by atoms with Crippen LogP contribution in [0, 0.1) is 29.1 Å². The van der Waals surface area contributed by atoms with Gasteiger partial charge in [-0.2, -0.15) is 22.0 Å². The highest BCUT2D eigenvalue weighted by molar-refractivity contribution is 7.84. The number of halogens is 5. The van der Waals surface area contributed by atoms with Crippen LogP contribution in [0.25, 0.3) is 0 Å². The summed E-state index contributed by atoms with van der Waals surface area (Å²) in [4.78, 5) is 40.5. The number of amides is 2. The quantitative estimate of drug-likeness (QED) is 0.0608. The van der Waals surface area contributed by atoms with Crippen LogP contribution in [-0.2, 0) is 38.0 Å². The van der Waals surface area contributed by atoms with E-state index >= 15 is 0 Å². The van der Waals surface area contributed by atoms with Gasteiger partial charge in [0.1, 0.15) is 23.4 Å². The number of aliphatic hydroxyl groups is 1. The molecule has 3 N–H and O–H groups in total. The van der Waals surface area contributed by atoms with Gasteiger partial charge in [-0.25, -0.2) is 9.59 Å². The second-order valence-electron chi connectivity index (χ2n) is 20.7. The van der Waals surface area contributed by atoms with E-state index in [1.807, 2.05) is 42.5 Å². The highest BCUT2D eigenvalue weighted by Gasteiger charge is 2.57. The minimum absolute atomic E-state index is 0.108. The van der Waals surface area contributed by atoms with Crippen LogP contribution in [0.3, 0.4) is 0 Å². The molecule has 0 bridgehead atoms. The smallest absolute Gasteiger partial charge is 0.453 e. The van der Waals surface area contributed by atoms with Crippen molar-refractivity contribution in [2.24, 2.45) is 29.1 Å². The first kappa shape index (κ1) is 53.4. The molecule has 2 saturated carbocycles.